The lowest BCUT2D eigenvalue weighted by atomic mass is 9.65. The molecule has 69 heavy (non-hydrogen) atoms. The molecule has 0 saturated heterocycles. The van der Waals surface area contributed by atoms with Gasteiger partial charge in [0, 0.05) is 27.7 Å². The Morgan fingerprint density at radius 2 is 0.826 bits per heavy atom. The van der Waals surface area contributed by atoms with Crippen molar-refractivity contribution >= 4 is 38.9 Å². The Balaban J connectivity index is 0.969. The van der Waals surface area contributed by atoms with E-state index >= 15 is 0 Å². The first-order valence-corrected chi connectivity index (χ1v) is 23.9. The molecule has 0 fully saturated rings. The monoisotopic (exact) mass is 876 g/mol. The molecular weight excluding hydrogens is 833 g/mol. The Hall–Kier alpha value is -8.98. The molecule has 0 saturated carbocycles. The van der Waals surface area contributed by atoms with Crippen molar-refractivity contribution in [1.82, 2.24) is 4.57 Å². The molecule has 1 aliphatic carbocycles. The highest BCUT2D eigenvalue weighted by atomic mass is 15.1. The molecule has 2 heterocycles. The Morgan fingerprint density at radius 1 is 0.304 bits per heavy atom. The third kappa shape index (κ3) is 5.79. The summed E-state index contributed by atoms with van der Waals surface area (Å²) in [5, 5.41) is 2.57. The lowest BCUT2D eigenvalue weighted by Crippen LogP contribution is -2.33. The molecule has 0 N–H and O–H groups in total. The molecule has 12 aromatic rings. The van der Waals surface area contributed by atoms with Crippen LogP contribution in [0.5, 0.6) is 0 Å². The predicted molar refractivity (Wildman–Crippen MR) is 288 cm³/mol. The molecule has 14 rings (SSSR count). The number of nitrogens with zero attached hydrogens (tertiary/aromatic N) is 2. The summed E-state index contributed by atoms with van der Waals surface area (Å²) < 4.78 is 2.52. The van der Waals surface area contributed by atoms with Gasteiger partial charge in [-0.15, -0.1) is 0 Å². The number of anilines is 3. The zero-order chi connectivity index (χ0) is 45.5. The minimum Gasteiger partial charge on any atom is -0.310 e. The number of para-hydroxylation sites is 4. The van der Waals surface area contributed by atoms with Crippen LogP contribution >= 0.6 is 0 Å². The Bertz CT molecular complexity index is 3960. The molecule has 0 bridgehead atoms. The number of fused-ring (bicyclic) bond motifs is 12. The van der Waals surface area contributed by atoms with Crippen LogP contribution in [-0.4, -0.2) is 4.57 Å². The molecule has 1 atom stereocenters. The Labute approximate surface area is 402 Å². The van der Waals surface area contributed by atoms with E-state index in [-0.39, 0.29) is 0 Å². The van der Waals surface area contributed by atoms with E-state index in [1.54, 1.807) is 0 Å². The van der Waals surface area contributed by atoms with Gasteiger partial charge >= 0.3 is 0 Å². The smallest absolute Gasteiger partial charge is 0.0754 e. The lowest BCUT2D eigenvalue weighted by Gasteiger charge is -2.39. The molecule has 1 aliphatic heterocycles. The third-order valence-corrected chi connectivity index (χ3v) is 14.8. The summed E-state index contributed by atoms with van der Waals surface area (Å²) in [5.74, 6) is 0. The van der Waals surface area contributed by atoms with E-state index < -0.39 is 5.41 Å². The van der Waals surface area contributed by atoms with Crippen LogP contribution in [0.4, 0.5) is 17.1 Å². The summed E-state index contributed by atoms with van der Waals surface area (Å²) in [7, 11) is 0. The lowest BCUT2D eigenvalue weighted by molar-refractivity contribution is 0.748. The zero-order valence-corrected chi connectivity index (χ0v) is 37.8. The molecule has 2 nitrogen and oxygen atoms in total. The highest BCUT2D eigenvalue weighted by Gasteiger charge is 2.51. The number of aromatic nitrogens is 1. The summed E-state index contributed by atoms with van der Waals surface area (Å²) in [6, 6.07) is 98.5. The average molecular weight is 877 g/mol. The van der Waals surface area contributed by atoms with Crippen LogP contribution in [0.2, 0.25) is 0 Å². The van der Waals surface area contributed by atoms with Crippen LogP contribution in [0.1, 0.15) is 22.3 Å². The quantitative estimate of drug-likeness (QED) is 0.155. The van der Waals surface area contributed by atoms with Gasteiger partial charge in [-0.05, 0) is 115 Å². The Kier molecular flexibility index (Phi) is 8.84. The van der Waals surface area contributed by atoms with E-state index in [9.17, 15) is 0 Å². The third-order valence-electron chi connectivity index (χ3n) is 14.8. The normalized spacial score (nSPS) is 14.1. The fourth-order valence-corrected chi connectivity index (χ4v) is 12.0. The van der Waals surface area contributed by atoms with Gasteiger partial charge in [-0.3, -0.25) is 0 Å². The average Bonchev–Trinajstić information content (AvgIpc) is 3.93. The van der Waals surface area contributed by atoms with Gasteiger partial charge in [0.15, 0.2) is 0 Å². The van der Waals surface area contributed by atoms with Crippen molar-refractivity contribution in [3.05, 3.63) is 289 Å². The van der Waals surface area contributed by atoms with Crippen molar-refractivity contribution < 1.29 is 0 Å². The molecule has 1 spiro atoms. The summed E-state index contributed by atoms with van der Waals surface area (Å²) in [5.41, 5.74) is 23.9. The summed E-state index contributed by atoms with van der Waals surface area (Å²) >= 11 is 0. The maximum absolute atomic E-state index is 2.52. The molecule has 0 amide bonds. The highest BCUT2D eigenvalue weighted by Crippen LogP contribution is 2.62. The zero-order valence-electron chi connectivity index (χ0n) is 37.8. The first-order valence-electron chi connectivity index (χ1n) is 23.9. The summed E-state index contributed by atoms with van der Waals surface area (Å²) in [6.07, 6.45) is 0. The van der Waals surface area contributed by atoms with E-state index in [2.05, 4.69) is 276 Å². The molecule has 1 unspecified atom stereocenters. The van der Waals surface area contributed by atoms with E-state index in [0.717, 1.165) is 17.1 Å². The fraction of sp³-hybridized carbons (Fsp3) is 0.0149. The maximum atomic E-state index is 2.52. The van der Waals surface area contributed by atoms with Crippen molar-refractivity contribution in [3.8, 4) is 61.3 Å². The number of rotatable bonds is 7. The minimum atomic E-state index is -0.526. The second-order valence-corrected chi connectivity index (χ2v) is 18.3. The molecule has 322 valence electrons. The van der Waals surface area contributed by atoms with E-state index in [1.165, 1.54) is 105 Å². The van der Waals surface area contributed by atoms with Crippen molar-refractivity contribution in [2.24, 2.45) is 0 Å². The van der Waals surface area contributed by atoms with E-state index in [0.29, 0.717) is 0 Å². The summed E-state index contributed by atoms with van der Waals surface area (Å²) in [4.78, 5) is 2.44. The van der Waals surface area contributed by atoms with Crippen molar-refractivity contribution in [1.29, 1.82) is 0 Å². The van der Waals surface area contributed by atoms with Gasteiger partial charge in [-0.25, -0.2) is 0 Å². The molecular formula is C67H44N2. The molecule has 11 aromatic carbocycles. The maximum Gasteiger partial charge on any atom is 0.0754 e. The molecule has 2 aliphatic rings. The van der Waals surface area contributed by atoms with Crippen molar-refractivity contribution in [2.45, 2.75) is 5.41 Å². The van der Waals surface area contributed by atoms with Gasteiger partial charge in [0.2, 0.25) is 0 Å². The second-order valence-electron chi connectivity index (χ2n) is 18.3. The first-order chi connectivity index (χ1) is 34.3. The van der Waals surface area contributed by atoms with Crippen LogP contribution < -0.4 is 4.90 Å². The molecule has 0 radical (unpaired) electrons. The largest absolute Gasteiger partial charge is 0.310 e. The van der Waals surface area contributed by atoms with Gasteiger partial charge in [-0.2, -0.15) is 0 Å². The topological polar surface area (TPSA) is 8.17 Å². The van der Waals surface area contributed by atoms with Gasteiger partial charge in [0.25, 0.3) is 0 Å². The standard InChI is InChI=1S/C67H44N2/c1-3-20-45(21-4-1)51-26-7-8-27-52(51)47-40-42-49(43-41-47)68(62-37-14-10-28-53(62)46-22-5-2-6-23-46)50-25-17-24-48(44-50)54-31-18-35-60-65(54)57-30-9-12-33-58(57)67(60)59-34-13-16-39-64(59)69-63-38-15-11-29-55(63)56-32-19-36-61(67)66(56)69/h1-44H. The van der Waals surface area contributed by atoms with Crippen LogP contribution in [0.15, 0.2) is 267 Å². The second kappa shape index (κ2) is 15.6. The SMILES string of the molecule is c1ccc(-c2ccccc2-c2ccc(N(c3cccc(-c4cccc5c4-c4ccccc4C54c5ccccc5-n5c6ccccc6c6cccc4c65)c3)c3ccccc3-c3ccccc3)cc2)cc1. The van der Waals surface area contributed by atoms with E-state index in [4.69, 9.17) is 0 Å². The number of hydrogen-bond donors (Lipinski definition) is 0. The fourth-order valence-electron chi connectivity index (χ4n) is 12.0. The van der Waals surface area contributed by atoms with Crippen LogP contribution in [0.3, 0.4) is 0 Å². The van der Waals surface area contributed by atoms with Crippen molar-refractivity contribution in [3.63, 3.8) is 0 Å². The predicted octanol–water partition coefficient (Wildman–Crippen LogP) is 17.6. The molecule has 2 heteroatoms. The van der Waals surface area contributed by atoms with Gasteiger partial charge in [0.05, 0.1) is 27.8 Å². The van der Waals surface area contributed by atoms with E-state index in [1.807, 2.05) is 0 Å². The van der Waals surface area contributed by atoms with Crippen LogP contribution in [-0.2, 0) is 5.41 Å². The minimum absolute atomic E-state index is 0.526. The van der Waals surface area contributed by atoms with Gasteiger partial charge in [0.1, 0.15) is 0 Å². The molecule has 1 aromatic heterocycles. The van der Waals surface area contributed by atoms with Crippen LogP contribution in [0, 0.1) is 0 Å². The summed E-state index contributed by atoms with van der Waals surface area (Å²) in [6.45, 7) is 0. The number of benzene rings is 11. The Morgan fingerprint density at radius 3 is 1.61 bits per heavy atom. The van der Waals surface area contributed by atoms with Crippen molar-refractivity contribution in [2.75, 3.05) is 4.90 Å². The van der Waals surface area contributed by atoms with Gasteiger partial charge < -0.3 is 9.47 Å². The first kappa shape index (κ1) is 39.2. The number of hydrogen-bond acceptors (Lipinski definition) is 1. The van der Waals surface area contributed by atoms with Gasteiger partial charge in [-0.1, -0.05) is 224 Å². The highest BCUT2D eigenvalue weighted by molar-refractivity contribution is 6.13. The van der Waals surface area contributed by atoms with Crippen LogP contribution in [0.25, 0.3) is 83.1 Å².